The molecule has 5 heteroatoms. The summed E-state index contributed by atoms with van der Waals surface area (Å²) in [4.78, 5) is 22.7. The summed E-state index contributed by atoms with van der Waals surface area (Å²) in [7, 11) is 0. The number of halogens is 1. The van der Waals surface area contributed by atoms with E-state index < -0.39 is 5.82 Å². The number of rotatable bonds is 2. The van der Waals surface area contributed by atoms with Gasteiger partial charge in [-0.05, 0) is 24.3 Å². The number of aromatic amines is 1. The van der Waals surface area contributed by atoms with E-state index in [2.05, 4.69) is 15.0 Å². The zero-order valence-corrected chi connectivity index (χ0v) is 10.4. The normalized spacial score (nSPS) is 10.4. The maximum absolute atomic E-state index is 13.8. The van der Waals surface area contributed by atoms with E-state index in [9.17, 15) is 9.18 Å². The van der Waals surface area contributed by atoms with Crippen molar-refractivity contribution in [1.82, 2.24) is 15.0 Å². The van der Waals surface area contributed by atoms with Crippen LogP contribution in [0.3, 0.4) is 0 Å². The van der Waals surface area contributed by atoms with Crippen LogP contribution in [0.15, 0.2) is 59.5 Å². The molecule has 0 saturated carbocycles. The largest absolute Gasteiger partial charge is 0.306 e. The van der Waals surface area contributed by atoms with Crippen molar-refractivity contribution in [2.45, 2.75) is 0 Å². The van der Waals surface area contributed by atoms with Gasteiger partial charge in [0.15, 0.2) is 0 Å². The van der Waals surface area contributed by atoms with Gasteiger partial charge in [0.2, 0.25) is 0 Å². The number of pyridine rings is 1. The van der Waals surface area contributed by atoms with Crippen molar-refractivity contribution >= 4 is 0 Å². The molecule has 0 aliphatic carbocycles. The average Bonchev–Trinajstić information content (AvgIpc) is 2.48. The van der Waals surface area contributed by atoms with E-state index in [0.29, 0.717) is 11.4 Å². The third-order valence-corrected chi connectivity index (χ3v) is 2.80. The molecule has 3 aromatic rings. The minimum Gasteiger partial charge on any atom is -0.306 e. The minimum absolute atomic E-state index is 0.191. The summed E-state index contributed by atoms with van der Waals surface area (Å²) in [5.74, 6) is -0.245. The van der Waals surface area contributed by atoms with Crippen LogP contribution >= 0.6 is 0 Å². The highest BCUT2D eigenvalue weighted by Crippen LogP contribution is 2.20. The molecule has 0 saturated heterocycles. The van der Waals surface area contributed by atoms with Crippen LogP contribution in [0.5, 0.6) is 0 Å². The van der Waals surface area contributed by atoms with Crippen LogP contribution < -0.4 is 5.56 Å². The van der Waals surface area contributed by atoms with Crippen LogP contribution in [-0.2, 0) is 0 Å². The monoisotopic (exact) mass is 267 g/mol. The Morgan fingerprint density at radius 3 is 2.55 bits per heavy atom. The van der Waals surface area contributed by atoms with Crippen molar-refractivity contribution in [3.63, 3.8) is 0 Å². The van der Waals surface area contributed by atoms with E-state index in [-0.39, 0.29) is 16.9 Å². The molecule has 1 N–H and O–H groups in total. The molecule has 2 heterocycles. The molecule has 2 aromatic heterocycles. The summed E-state index contributed by atoms with van der Waals surface area (Å²) in [6.45, 7) is 0. The molecule has 4 nitrogen and oxygen atoms in total. The summed E-state index contributed by atoms with van der Waals surface area (Å²) in [5.41, 5.74) is 0.880. The maximum Gasteiger partial charge on any atom is 0.251 e. The molecule has 0 aliphatic heterocycles. The van der Waals surface area contributed by atoms with Crippen LogP contribution in [0.25, 0.3) is 22.8 Å². The number of nitrogens with one attached hydrogen (secondary N) is 1. The number of nitrogens with zero attached hydrogens (tertiary/aromatic N) is 2. The Kier molecular flexibility index (Phi) is 3.09. The summed E-state index contributed by atoms with van der Waals surface area (Å²) in [6, 6.07) is 12.8. The molecule has 3 rings (SSSR count). The van der Waals surface area contributed by atoms with Gasteiger partial charge in [-0.25, -0.2) is 9.37 Å². The molecule has 0 unspecified atom stereocenters. The van der Waals surface area contributed by atoms with Crippen molar-refractivity contribution in [2.24, 2.45) is 0 Å². The first-order chi connectivity index (χ1) is 9.74. The number of hydrogen-bond donors (Lipinski definition) is 1. The lowest BCUT2D eigenvalue weighted by molar-refractivity contribution is 0.630. The third kappa shape index (κ3) is 2.33. The number of H-pyrrole nitrogens is 1. The van der Waals surface area contributed by atoms with E-state index in [4.69, 9.17) is 0 Å². The molecular weight excluding hydrogens is 257 g/mol. The average molecular weight is 267 g/mol. The fourth-order valence-electron chi connectivity index (χ4n) is 1.88. The van der Waals surface area contributed by atoms with Gasteiger partial charge in [-0.15, -0.1) is 0 Å². The molecule has 0 radical (unpaired) electrons. The topological polar surface area (TPSA) is 58.6 Å². The molecule has 0 aliphatic rings. The van der Waals surface area contributed by atoms with Crippen LogP contribution in [0, 0.1) is 5.82 Å². The first-order valence-corrected chi connectivity index (χ1v) is 6.02. The first kappa shape index (κ1) is 12.2. The van der Waals surface area contributed by atoms with Crippen molar-refractivity contribution in [1.29, 1.82) is 0 Å². The highest BCUT2D eigenvalue weighted by molar-refractivity contribution is 5.61. The van der Waals surface area contributed by atoms with Gasteiger partial charge in [-0.1, -0.05) is 18.2 Å². The Labute approximate surface area is 114 Å². The molecule has 0 spiro atoms. The standard InChI is InChI=1S/C15H10FN3O/c16-11-6-2-1-5-10(11)15-18-13(9-14(20)19-15)12-7-3-4-8-17-12/h1-9H,(H,18,19,20). The van der Waals surface area contributed by atoms with E-state index in [1.54, 1.807) is 42.6 Å². The molecular formula is C15H10FN3O. The Morgan fingerprint density at radius 2 is 1.80 bits per heavy atom. The lowest BCUT2D eigenvalue weighted by Gasteiger charge is -2.05. The Bertz CT molecular complexity index is 799. The van der Waals surface area contributed by atoms with Crippen LogP contribution in [0.1, 0.15) is 0 Å². The van der Waals surface area contributed by atoms with Gasteiger partial charge in [0.05, 0.1) is 17.0 Å². The zero-order chi connectivity index (χ0) is 13.9. The van der Waals surface area contributed by atoms with Gasteiger partial charge in [-0.3, -0.25) is 9.78 Å². The zero-order valence-electron chi connectivity index (χ0n) is 10.4. The summed E-state index contributed by atoms with van der Waals surface area (Å²) < 4.78 is 13.8. The predicted octanol–water partition coefficient (Wildman–Crippen LogP) is 2.64. The quantitative estimate of drug-likeness (QED) is 0.776. The lowest BCUT2D eigenvalue weighted by atomic mass is 10.2. The van der Waals surface area contributed by atoms with E-state index in [1.165, 1.54) is 12.1 Å². The highest BCUT2D eigenvalue weighted by atomic mass is 19.1. The van der Waals surface area contributed by atoms with Crippen LogP contribution in [0.4, 0.5) is 4.39 Å². The molecule has 0 amide bonds. The minimum atomic E-state index is -0.436. The molecule has 98 valence electrons. The predicted molar refractivity (Wildman–Crippen MR) is 73.5 cm³/mol. The fourth-order valence-corrected chi connectivity index (χ4v) is 1.88. The van der Waals surface area contributed by atoms with Crippen molar-refractivity contribution < 1.29 is 4.39 Å². The molecule has 0 bridgehead atoms. The Balaban J connectivity index is 2.18. The summed E-state index contributed by atoms with van der Waals surface area (Å²) >= 11 is 0. The van der Waals surface area contributed by atoms with Crippen molar-refractivity contribution in [3.05, 3.63) is 70.9 Å². The SMILES string of the molecule is O=c1cc(-c2ccccn2)nc(-c2ccccc2F)[nH]1. The maximum atomic E-state index is 13.8. The highest BCUT2D eigenvalue weighted by Gasteiger charge is 2.09. The van der Waals surface area contributed by atoms with Crippen molar-refractivity contribution in [3.8, 4) is 22.8 Å². The van der Waals surface area contributed by atoms with E-state index in [1.807, 2.05) is 0 Å². The molecule has 0 fully saturated rings. The third-order valence-electron chi connectivity index (χ3n) is 2.80. The van der Waals surface area contributed by atoms with Gasteiger partial charge >= 0.3 is 0 Å². The first-order valence-electron chi connectivity index (χ1n) is 6.02. The Hall–Kier alpha value is -2.82. The summed E-state index contributed by atoms with van der Waals surface area (Å²) in [5, 5.41) is 0. The summed E-state index contributed by atoms with van der Waals surface area (Å²) in [6.07, 6.45) is 1.61. The number of aromatic nitrogens is 3. The van der Waals surface area contributed by atoms with Gasteiger partial charge in [0.1, 0.15) is 11.6 Å². The molecule has 0 atom stereocenters. The van der Waals surface area contributed by atoms with Crippen LogP contribution in [0.2, 0.25) is 0 Å². The lowest BCUT2D eigenvalue weighted by Crippen LogP contribution is -2.09. The van der Waals surface area contributed by atoms with Gasteiger partial charge in [-0.2, -0.15) is 0 Å². The van der Waals surface area contributed by atoms with E-state index in [0.717, 1.165) is 0 Å². The van der Waals surface area contributed by atoms with Crippen LogP contribution in [-0.4, -0.2) is 15.0 Å². The van der Waals surface area contributed by atoms with Gasteiger partial charge < -0.3 is 4.98 Å². The second-order valence-electron chi connectivity index (χ2n) is 4.17. The smallest absolute Gasteiger partial charge is 0.251 e. The van der Waals surface area contributed by atoms with Gasteiger partial charge in [0, 0.05) is 12.3 Å². The van der Waals surface area contributed by atoms with Gasteiger partial charge in [0.25, 0.3) is 5.56 Å². The second-order valence-corrected chi connectivity index (χ2v) is 4.17. The molecule has 20 heavy (non-hydrogen) atoms. The fraction of sp³-hybridized carbons (Fsp3) is 0. The second kappa shape index (κ2) is 5.05. The van der Waals surface area contributed by atoms with Crippen molar-refractivity contribution in [2.75, 3.05) is 0 Å². The Morgan fingerprint density at radius 1 is 1.00 bits per heavy atom. The number of hydrogen-bond acceptors (Lipinski definition) is 3. The molecule has 1 aromatic carbocycles. The number of benzene rings is 1. The van der Waals surface area contributed by atoms with E-state index >= 15 is 0 Å².